The van der Waals surface area contributed by atoms with E-state index in [0.29, 0.717) is 11.0 Å². The van der Waals surface area contributed by atoms with Gasteiger partial charge in [-0.3, -0.25) is 9.58 Å². The Hall–Kier alpha value is -0.940. The van der Waals surface area contributed by atoms with Crippen LogP contribution in [0.5, 0.6) is 0 Å². The van der Waals surface area contributed by atoms with E-state index < -0.39 is 0 Å². The summed E-state index contributed by atoms with van der Waals surface area (Å²) in [4.78, 5) is 3.15. The van der Waals surface area contributed by atoms with Crippen molar-refractivity contribution >= 4 is 17.2 Å². The van der Waals surface area contributed by atoms with Gasteiger partial charge >= 0.3 is 0 Å². The van der Waals surface area contributed by atoms with Crippen LogP contribution in [0.4, 0.5) is 0 Å². The van der Waals surface area contributed by atoms with Crippen LogP contribution in [0, 0.1) is 5.41 Å². The van der Waals surface area contributed by atoms with Gasteiger partial charge in [0, 0.05) is 18.2 Å². The van der Waals surface area contributed by atoms with Crippen LogP contribution < -0.4 is 5.73 Å². The molecular formula is C16H26N4S. The van der Waals surface area contributed by atoms with Gasteiger partial charge in [0.25, 0.3) is 0 Å². The molecule has 116 valence electrons. The summed E-state index contributed by atoms with van der Waals surface area (Å²) in [5.41, 5.74) is 7.12. The van der Waals surface area contributed by atoms with Crippen LogP contribution in [0.1, 0.15) is 57.2 Å². The van der Waals surface area contributed by atoms with Crippen molar-refractivity contribution in [2.75, 3.05) is 13.1 Å². The lowest BCUT2D eigenvalue weighted by Crippen LogP contribution is -2.44. The van der Waals surface area contributed by atoms with Gasteiger partial charge in [0.05, 0.1) is 16.7 Å². The van der Waals surface area contributed by atoms with Crippen molar-refractivity contribution < 1.29 is 0 Å². The predicted molar refractivity (Wildman–Crippen MR) is 89.1 cm³/mol. The topological polar surface area (TPSA) is 47.1 Å². The molecule has 3 rings (SSSR count). The van der Waals surface area contributed by atoms with E-state index in [9.17, 15) is 0 Å². The van der Waals surface area contributed by atoms with Crippen LogP contribution in [0.2, 0.25) is 0 Å². The summed E-state index contributed by atoms with van der Waals surface area (Å²) >= 11 is 5.21. The average Bonchev–Trinajstić information content (AvgIpc) is 3.12. The Balaban J connectivity index is 1.55. The molecule has 0 aromatic carbocycles. The minimum Gasteiger partial charge on any atom is -0.393 e. The van der Waals surface area contributed by atoms with Gasteiger partial charge in [-0.1, -0.05) is 32.0 Å². The van der Waals surface area contributed by atoms with E-state index in [4.69, 9.17) is 23.1 Å². The summed E-state index contributed by atoms with van der Waals surface area (Å²) in [7, 11) is 0. The van der Waals surface area contributed by atoms with E-state index in [0.717, 1.165) is 32.5 Å². The summed E-state index contributed by atoms with van der Waals surface area (Å²) in [6.07, 6.45) is 9.56. The van der Waals surface area contributed by atoms with Gasteiger partial charge < -0.3 is 5.73 Å². The van der Waals surface area contributed by atoms with E-state index in [2.05, 4.69) is 28.8 Å². The van der Waals surface area contributed by atoms with Gasteiger partial charge in [-0.05, 0) is 44.8 Å². The first-order valence-corrected chi connectivity index (χ1v) is 8.54. The minimum absolute atomic E-state index is 0.0506. The molecule has 0 unspecified atom stereocenters. The third kappa shape index (κ3) is 3.29. The standard InChI is InChI=1S/C16H26N4S/c1-16(15(17)21)7-10-19(11-8-16)12-13-6-9-20(18-13)14-4-2-3-5-14/h6,9,14H,2-5,7-8,10-12H2,1H3,(H2,17,21). The highest BCUT2D eigenvalue weighted by Gasteiger charge is 2.32. The molecule has 1 aliphatic heterocycles. The number of thiocarbonyl (C=S) groups is 1. The van der Waals surface area contributed by atoms with E-state index >= 15 is 0 Å². The van der Waals surface area contributed by atoms with Crippen LogP contribution in [0.15, 0.2) is 12.3 Å². The molecular weight excluding hydrogens is 280 g/mol. The maximum Gasteiger partial charge on any atom is 0.0788 e. The Bertz CT molecular complexity index is 496. The molecule has 1 saturated heterocycles. The van der Waals surface area contributed by atoms with Crippen molar-refractivity contribution in [3.05, 3.63) is 18.0 Å². The Morgan fingerprint density at radius 1 is 1.38 bits per heavy atom. The number of aromatic nitrogens is 2. The summed E-state index contributed by atoms with van der Waals surface area (Å²) in [5.74, 6) is 0. The highest BCUT2D eigenvalue weighted by atomic mass is 32.1. The highest BCUT2D eigenvalue weighted by molar-refractivity contribution is 7.80. The van der Waals surface area contributed by atoms with E-state index in [1.165, 1.54) is 31.4 Å². The lowest BCUT2D eigenvalue weighted by Gasteiger charge is -2.38. The van der Waals surface area contributed by atoms with Crippen molar-refractivity contribution in [1.29, 1.82) is 0 Å². The number of piperidine rings is 1. The summed E-state index contributed by atoms with van der Waals surface area (Å²) in [5, 5.41) is 4.78. The molecule has 0 amide bonds. The maximum absolute atomic E-state index is 5.87. The van der Waals surface area contributed by atoms with Crippen LogP contribution in [0.3, 0.4) is 0 Å². The SMILES string of the molecule is CC1(C(N)=S)CCN(Cc2ccn(C3CCCC3)n2)CC1. The second-order valence-corrected chi connectivity index (χ2v) is 7.37. The summed E-state index contributed by atoms with van der Waals surface area (Å²) < 4.78 is 2.19. The van der Waals surface area contributed by atoms with Gasteiger partial charge in [0.2, 0.25) is 0 Å². The fourth-order valence-corrected chi connectivity index (χ4v) is 3.72. The molecule has 5 heteroatoms. The van der Waals surface area contributed by atoms with Crippen LogP contribution in [-0.2, 0) is 6.54 Å². The van der Waals surface area contributed by atoms with Crippen molar-refractivity contribution in [2.24, 2.45) is 11.1 Å². The monoisotopic (exact) mass is 306 g/mol. The molecule has 4 nitrogen and oxygen atoms in total. The third-order valence-electron chi connectivity index (χ3n) is 5.30. The van der Waals surface area contributed by atoms with Crippen molar-refractivity contribution in [2.45, 2.75) is 58.0 Å². The molecule has 0 atom stereocenters. The van der Waals surface area contributed by atoms with Gasteiger partial charge in [-0.25, -0.2) is 0 Å². The van der Waals surface area contributed by atoms with E-state index in [-0.39, 0.29) is 5.41 Å². The second kappa shape index (κ2) is 6.05. The zero-order chi connectivity index (χ0) is 14.9. The van der Waals surface area contributed by atoms with Gasteiger partial charge in [0.1, 0.15) is 0 Å². The predicted octanol–water partition coefficient (Wildman–Crippen LogP) is 2.89. The third-order valence-corrected chi connectivity index (χ3v) is 5.80. The first-order chi connectivity index (χ1) is 10.1. The van der Waals surface area contributed by atoms with Crippen LogP contribution in [0.25, 0.3) is 0 Å². The number of nitrogens with two attached hydrogens (primary N) is 1. The normalized spacial score (nSPS) is 23.5. The molecule has 1 saturated carbocycles. The molecule has 1 aliphatic carbocycles. The van der Waals surface area contributed by atoms with Gasteiger partial charge in [-0.15, -0.1) is 0 Å². The first kappa shape index (κ1) is 15.0. The Morgan fingerprint density at radius 3 is 2.67 bits per heavy atom. The minimum atomic E-state index is 0.0506. The molecule has 21 heavy (non-hydrogen) atoms. The van der Waals surface area contributed by atoms with E-state index in [1.54, 1.807) is 0 Å². The van der Waals surface area contributed by atoms with Crippen molar-refractivity contribution in [3.8, 4) is 0 Å². The molecule has 2 fully saturated rings. The summed E-state index contributed by atoms with van der Waals surface area (Å²) in [6.45, 7) is 5.27. The molecule has 0 radical (unpaired) electrons. The molecule has 1 aromatic heterocycles. The fraction of sp³-hybridized carbons (Fsp3) is 0.750. The van der Waals surface area contributed by atoms with Crippen molar-refractivity contribution in [1.82, 2.24) is 14.7 Å². The summed E-state index contributed by atoms with van der Waals surface area (Å²) in [6, 6.07) is 2.82. The molecule has 1 aromatic rings. The van der Waals surface area contributed by atoms with Crippen molar-refractivity contribution in [3.63, 3.8) is 0 Å². The largest absolute Gasteiger partial charge is 0.393 e. The Kier molecular flexibility index (Phi) is 4.31. The maximum atomic E-state index is 5.87. The molecule has 0 spiro atoms. The Labute approximate surface area is 132 Å². The lowest BCUT2D eigenvalue weighted by atomic mass is 9.80. The molecule has 2 heterocycles. The molecule has 2 aliphatic rings. The molecule has 2 N–H and O–H groups in total. The lowest BCUT2D eigenvalue weighted by molar-refractivity contribution is 0.156. The number of rotatable bonds is 4. The van der Waals surface area contributed by atoms with E-state index in [1.807, 2.05) is 0 Å². The van der Waals surface area contributed by atoms with Gasteiger partial charge in [0.15, 0.2) is 0 Å². The fourth-order valence-electron chi connectivity index (χ4n) is 3.51. The number of hydrogen-bond acceptors (Lipinski definition) is 3. The number of hydrogen-bond donors (Lipinski definition) is 1. The van der Waals surface area contributed by atoms with Crippen LogP contribution in [-0.4, -0.2) is 32.8 Å². The average molecular weight is 306 g/mol. The molecule has 0 bridgehead atoms. The highest BCUT2D eigenvalue weighted by Crippen LogP contribution is 2.32. The van der Waals surface area contributed by atoms with Crippen LogP contribution >= 0.6 is 12.2 Å². The first-order valence-electron chi connectivity index (χ1n) is 8.13. The zero-order valence-corrected chi connectivity index (χ0v) is 13.7. The zero-order valence-electron chi connectivity index (χ0n) is 12.9. The number of likely N-dealkylation sites (tertiary alicyclic amines) is 1. The van der Waals surface area contributed by atoms with Gasteiger partial charge in [-0.2, -0.15) is 5.10 Å². The quantitative estimate of drug-likeness (QED) is 0.869. The Morgan fingerprint density at radius 2 is 2.05 bits per heavy atom. The smallest absolute Gasteiger partial charge is 0.0788 e. The number of nitrogens with zero attached hydrogens (tertiary/aromatic N) is 3. The second-order valence-electron chi connectivity index (χ2n) is 6.93.